The number of fused-ring (bicyclic) bond motifs is 1. The number of nitrogens with two attached hydrogens (primary N) is 1. The molecule has 4 rings (SSSR count). The number of aromatic nitrogens is 2. The van der Waals surface area contributed by atoms with Gasteiger partial charge in [-0.05, 0) is 43.0 Å². The molecule has 0 spiro atoms. The molecule has 3 N–H and O–H groups in total. The monoisotopic (exact) mass is 419 g/mol. The first-order chi connectivity index (χ1) is 15.0. The molecule has 1 unspecified atom stereocenters. The summed E-state index contributed by atoms with van der Waals surface area (Å²) in [6.45, 7) is 4.54. The quantitative estimate of drug-likeness (QED) is 0.613. The molecule has 7 nitrogen and oxygen atoms in total. The van der Waals surface area contributed by atoms with E-state index in [9.17, 15) is 9.59 Å². The third kappa shape index (κ3) is 5.11. The van der Waals surface area contributed by atoms with Crippen LogP contribution in [0.15, 0.2) is 48.5 Å². The van der Waals surface area contributed by atoms with Gasteiger partial charge in [-0.25, -0.2) is 4.98 Å². The van der Waals surface area contributed by atoms with Crippen molar-refractivity contribution >= 4 is 22.8 Å². The van der Waals surface area contributed by atoms with Crippen molar-refractivity contribution in [3.05, 3.63) is 65.5 Å². The maximum Gasteiger partial charge on any atom is 0.241 e. The highest BCUT2D eigenvalue weighted by Gasteiger charge is 2.33. The number of nitrogens with one attached hydrogen (secondary N) is 1. The summed E-state index contributed by atoms with van der Waals surface area (Å²) in [4.78, 5) is 36.5. The van der Waals surface area contributed by atoms with Crippen molar-refractivity contribution < 1.29 is 9.59 Å². The molecule has 1 atom stereocenters. The van der Waals surface area contributed by atoms with Gasteiger partial charge >= 0.3 is 0 Å². The molecule has 1 aromatic heterocycles. The van der Waals surface area contributed by atoms with Crippen LogP contribution in [0.1, 0.15) is 23.4 Å². The average Bonchev–Trinajstić information content (AvgIpc) is 3.15. The summed E-state index contributed by atoms with van der Waals surface area (Å²) < 4.78 is 0. The molecule has 1 aliphatic heterocycles. The second-order valence-corrected chi connectivity index (χ2v) is 8.22. The molecular weight excluding hydrogens is 390 g/mol. The Labute approximate surface area is 182 Å². The van der Waals surface area contributed by atoms with Crippen molar-refractivity contribution in [3.8, 4) is 0 Å². The highest BCUT2D eigenvalue weighted by molar-refractivity contribution is 5.87. The van der Waals surface area contributed by atoms with E-state index in [-0.39, 0.29) is 5.91 Å². The molecule has 0 aliphatic carbocycles. The number of amides is 2. The lowest BCUT2D eigenvalue weighted by atomic mass is 10.1. The number of imidazole rings is 1. The van der Waals surface area contributed by atoms with Crippen LogP contribution < -0.4 is 5.73 Å². The molecule has 2 amide bonds. The number of benzene rings is 2. The van der Waals surface area contributed by atoms with Gasteiger partial charge in [0.05, 0.1) is 11.0 Å². The average molecular weight is 420 g/mol. The summed E-state index contributed by atoms with van der Waals surface area (Å²) in [6.07, 6.45) is 1.88. The largest absolute Gasteiger partial charge is 0.368 e. The molecule has 1 fully saturated rings. The number of carbonyl (C=O) groups excluding carboxylic acids is 2. The number of piperazine rings is 1. The Kier molecular flexibility index (Phi) is 6.32. The zero-order valence-corrected chi connectivity index (χ0v) is 17.9. The fourth-order valence-electron chi connectivity index (χ4n) is 4.25. The van der Waals surface area contributed by atoms with E-state index in [1.54, 1.807) is 4.90 Å². The van der Waals surface area contributed by atoms with Crippen LogP contribution in [0, 0.1) is 6.92 Å². The second kappa shape index (κ2) is 9.31. The van der Waals surface area contributed by atoms with E-state index in [1.807, 2.05) is 43.3 Å². The highest BCUT2D eigenvalue weighted by Crippen LogP contribution is 2.17. The van der Waals surface area contributed by atoms with Gasteiger partial charge in [-0.2, -0.15) is 0 Å². The fourth-order valence-corrected chi connectivity index (χ4v) is 4.25. The van der Waals surface area contributed by atoms with E-state index < -0.39 is 11.9 Å². The number of aromatic amines is 1. The summed E-state index contributed by atoms with van der Waals surface area (Å²) >= 11 is 0. The Hall–Kier alpha value is -3.19. The summed E-state index contributed by atoms with van der Waals surface area (Å²) in [5.41, 5.74) is 9.90. The number of hydrogen-bond donors (Lipinski definition) is 2. The minimum Gasteiger partial charge on any atom is -0.368 e. The molecule has 2 heterocycles. The van der Waals surface area contributed by atoms with Crippen LogP contribution >= 0.6 is 0 Å². The number of rotatable bonds is 7. The number of nitrogens with zero attached hydrogens (tertiary/aromatic N) is 3. The van der Waals surface area contributed by atoms with Crippen LogP contribution in [0.2, 0.25) is 0 Å². The summed E-state index contributed by atoms with van der Waals surface area (Å²) in [5.74, 6) is 0.414. The number of primary amides is 1. The minimum absolute atomic E-state index is 0.0209. The van der Waals surface area contributed by atoms with Gasteiger partial charge in [0.2, 0.25) is 11.8 Å². The Bertz CT molecular complexity index is 1060. The highest BCUT2D eigenvalue weighted by atomic mass is 16.2. The van der Waals surface area contributed by atoms with Gasteiger partial charge in [-0.3, -0.25) is 14.5 Å². The standard InChI is InChI=1S/C24H29N5O2/c1-17-26-20-9-7-19(15-21(20)27-17)8-10-23(30)29-14-13-28(16-22(29)24(25)31)12-11-18-5-3-2-4-6-18/h2-7,9,15,22H,8,10-14,16H2,1H3,(H2,25,31)(H,26,27). The zero-order valence-electron chi connectivity index (χ0n) is 17.9. The predicted molar refractivity (Wildman–Crippen MR) is 120 cm³/mol. The molecule has 0 saturated carbocycles. The lowest BCUT2D eigenvalue weighted by Gasteiger charge is -2.40. The normalized spacial score (nSPS) is 17.2. The fraction of sp³-hybridized carbons (Fsp3) is 0.375. The lowest BCUT2D eigenvalue weighted by Crippen LogP contribution is -2.60. The maximum absolute atomic E-state index is 12.9. The topological polar surface area (TPSA) is 95.3 Å². The molecule has 1 saturated heterocycles. The molecule has 3 aromatic rings. The Morgan fingerprint density at radius 3 is 2.68 bits per heavy atom. The van der Waals surface area contributed by atoms with Crippen molar-refractivity contribution in [2.45, 2.75) is 32.2 Å². The van der Waals surface area contributed by atoms with Crippen LogP contribution in [0.25, 0.3) is 11.0 Å². The zero-order chi connectivity index (χ0) is 21.8. The van der Waals surface area contributed by atoms with E-state index in [0.717, 1.165) is 41.9 Å². The molecule has 7 heteroatoms. The second-order valence-electron chi connectivity index (χ2n) is 8.22. The third-order valence-corrected chi connectivity index (χ3v) is 5.97. The van der Waals surface area contributed by atoms with Crippen LogP contribution in [0.4, 0.5) is 0 Å². The van der Waals surface area contributed by atoms with E-state index in [4.69, 9.17) is 5.73 Å². The lowest BCUT2D eigenvalue weighted by molar-refractivity contribution is -0.142. The van der Waals surface area contributed by atoms with Crippen LogP contribution in [-0.4, -0.2) is 63.8 Å². The van der Waals surface area contributed by atoms with Crippen LogP contribution in [0.5, 0.6) is 0 Å². The Morgan fingerprint density at radius 2 is 1.90 bits per heavy atom. The van der Waals surface area contributed by atoms with E-state index in [2.05, 4.69) is 27.0 Å². The van der Waals surface area contributed by atoms with Crippen molar-refractivity contribution in [1.29, 1.82) is 0 Å². The van der Waals surface area contributed by atoms with Crippen LogP contribution in [-0.2, 0) is 22.4 Å². The van der Waals surface area contributed by atoms with Gasteiger partial charge in [0, 0.05) is 32.6 Å². The van der Waals surface area contributed by atoms with Gasteiger partial charge < -0.3 is 15.6 Å². The van der Waals surface area contributed by atoms with Gasteiger partial charge in [0.25, 0.3) is 0 Å². The first-order valence-electron chi connectivity index (χ1n) is 10.8. The van der Waals surface area contributed by atoms with E-state index >= 15 is 0 Å². The third-order valence-electron chi connectivity index (χ3n) is 5.97. The Balaban J connectivity index is 1.34. The van der Waals surface area contributed by atoms with Crippen molar-refractivity contribution in [1.82, 2.24) is 19.8 Å². The van der Waals surface area contributed by atoms with Gasteiger partial charge in [0.15, 0.2) is 0 Å². The van der Waals surface area contributed by atoms with Crippen molar-refractivity contribution in [2.24, 2.45) is 5.73 Å². The van der Waals surface area contributed by atoms with Crippen molar-refractivity contribution in [3.63, 3.8) is 0 Å². The number of H-pyrrole nitrogens is 1. The van der Waals surface area contributed by atoms with E-state index in [1.165, 1.54) is 5.56 Å². The van der Waals surface area contributed by atoms with Crippen LogP contribution in [0.3, 0.4) is 0 Å². The summed E-state index contributed by atoms with van der Waals surface area (Å²) in [5, 5.41) is 0. The smallest absolute Gasteiger partial charge is 0.241 e. The molecule has 0 radical (unpaired) electrons. The van der Waals surface area contributed by atoms with Gasteiger partial charge in [-0.15, -0.1) is 0 Å². The first-order valence-corrected chi connectivity index (χ1v) is 10.8. The molecule has 2 aromatic carbocycles. The molecule has 0 bridgehead atoms. The van der Waals surface area contributed by atoms with Crippen molar-refractivity contribution in [2.75, 3.05) is 26.2 Å². The molecule has 162 valence electrons. The first kappa shape index (κ1) is 21.1. The Morgan fingerprint density at radius 1 is 1.10 bits per heavy atom. The number of carbonyl (C=O) groups is 2. The van der Waals surface area contributed by atoms with Gasteiger partial charge in [0.1, 0.15) is 11.9 Å². The number of hydrogen-bond acceptors (Lipinski definition) is 4. The molecule has 31 heavy (non-hydrogen) atoms. The van der Waals surface area contributed by atoms with E-state index in [0.29, 0.717) is 25.9 Å². The minimum atomic E-state index is -0.574. The summed E-state index contributed by atoms with van der Waals surface area (Å²) in [6, 6.07) is 15.7. The predicted octanol–water partition coefficient (Wildman–Crippen LogP) is 2.04. The summed E-state index contributed by atoms with van der Waals surface area (Å²) in [7, 11) is 0. The molecular formula is C24H29N5O2. The number of aryl methyl sites for hydroxylation is 2. The maximum atomic E-state index is 12.9. The van der Waals surface area contributed by atoms with Gasteiger partial charge in [-0.1, -0.05) is 36.4 Å². The SMILES string of the molecule is Cc1nc2ccc(CCC(=O)N3CCN(CCc4ccccc4)CC3C(N)=O)cc2[nH]1. The molecule has 1 aliphatic rings.